The van der Waals surface area contributed by atoms with Crippen LogP contribution in [0.2, 0.25) is 0 Å². The van der Waals surface area contributed by atoms with Gasteiger partial charge in [-0.15, -0.1) is 0 Å². The van der Waals surface area contributed by atoms with Crippen molar-refractivity contribution in [2.45, 2.75) is 6.92 Å². The Labute approximate surface area is 90.0 Å². The van der Waals surface area contributed by atoms with Crippen molar-refractivity contribution in [2.24, 2.45) is 0 Å². The minimum Gasteiger partial charge on any atom is -0.478 e. The lowest BCUT2D eigenvalue weighted by Gasteiger charge is -2.02. The number of carboxylic acids is 1. The average molecular weight is 225 g/mol. The van der Waals surface area contributed by atoms with Crippen LogP contribution in [0.25, 0.3) is 6.08 Å². The summed E-state index contributed by atoms with van der Waals surface area (Å²) in [6.07, 6.45) is 2.02. The van der Waals surface area contributed by atoms with Crippen molar-refractivity contribution in [3.8, 4) is 0 Å². The number of aliphatic carboxylic acids is 1. The van der Waals surface area contributed by atoms with E-state index in [1.54, 1.807) is 0 Å². The minimum absolute atomic E-state index is 0.0995. The largest absolute Gasteiger partial charge is 0.478 e. The first-order chi connectivity index (χ1) is 7.43. The van der Waals surface area contributed by atoms with Gasteiger partial charge in [0, 0.05) is 11.6 Å². The Morgan fingerprint density at radius 1 is 1.56 bits per heavy atom. The first-order valence-corrected chi connectivity index (χ1v) is 4.28. The summed E-state index contributed by atoms with van der Waals surface area (Å²) in [7, 11) is 0. The predicted molar refractivity (Wildman–Crippen MR) is 54.5 cm³/mol. The third-order valence-corrected chi connectivity index (χ3v) is 2.01. The van der Waals surface area contributed by atoms with Crippen molar-refractivity contribution in [3.63, 3.8) is 0 Å². The first kappa shape index (κ1) is 11.8. The molecule has 16 heavy (non-hydrogen) atoms. The van der Waals surface area contributed by atoms with Gasteiger partial charge in [0.2, 0.25) is 5.82 Å². The number of hydrogen-bond acceptors (Lipinski definition) is 3. The lowest BCUT2D eigenvalue weighted by atomic mass is 10.1. The zero-order chi connectivity index (χ0) is 12.3. The summed E-state index contributed by atoms with van der Waals surface area (Å²) in [5.41, 5.74) is -0.231. The molecule has 0 unspecified atom stereocenters. The summed E-state index contributed by atoms with van der Waals surface area (Å²) in [6, 6.07) is 2.23. The number of benzene rings is 1. The molecule has 1 aromatic rings. The SMILES string of the molecule is Cc1c(/C=C/C(=O)O)ccc(F)c1[N+](=O)[O-]. The summed E-state index contributed by atoms with van der Waals surface area (Å²) in [5.74, 6) is -2.11. The van der Waals surface area contributed by atoms with E-state index >= 15 is 0 Å². The summed E-state index contributed by atoms with van der Waals surface area (Å²) in [5, 5.41) is 19.0. The highest BCUT2D eigenvalue weighted by Gasteiger charge is 2.19. The van der Waals surface area contributed by atoms with Gasteiger partial charge in [-0.2, -0.15) is 4.39 Å². The minimum atomic E-state index is -1.17. The fourth-order valence-electron chi connectivity index (χ4n) is 1.25. The number of nitrogens with zero attached hydrogens (tertiary/aromatic N) is 1. The van der Waals surface area contributed by atoms with Gasteiger partial charge in [-0.05, 0) is 24.6 Å². The Morgan fingerprint density at radius 2 is 2.19 bits per heavy atom. The number of nitro benzene ring substituents is 1. The normalized spacial score (nSPS) is 10.6. The van der Waals surface area contributed by atoms with Crippen LogP contribution in [-0.2, 0) is 4.79 Å². The second-order valence-electron chi connectivity index (χ2n) is 3.04. The van der Waals surface area contributed by atoms with E-state index in [0.29, 0.717) is 5.56 Å². The molecule has 0 aliphatic rings. The van der Waals surface area contributed by atoms with E-state index in [4.69, 9.17) is 5.11 Å². The number of rotatable bonds is 3. The van der Waals surface area contributed by atoms with Crippen molar-refractivity contribution in [1.82, 2.24) is 0 Å². The van der Waals surface area contributed by atoms with Gasteiger partial charge in [0.15, 0.2) is 0 Å². The zero-order valence-corrected chi connectivity index (χ0v) is 8.31. The standard InChI is InChI=1S/C10H8FNO4/c1-6-7(3-5-9(13)14)2-4-8(11)10(6)12(15)16/h2-5H,1H3,(H,13,14)/b5-3+. The molecule has 0 aliphatic heterocycles. The van der Waals surface area contributed by atoms with Crippen molar-refractivity contribution in [1.29, 1.82) is 0 Å². The highest BCUT2D eigenvalue weighted by molar-refractivity contribution is 5.85. The summed E-state index contributed by atoms with van der Waals surface area (Å²) in [4.78, 5) is 20.0. The van der Waals surface area contributed by atoms with Gasteiger partial charge in [-0.25, -0.2) is 4.79 Å². The summed E-state index contributed by atoms with van der Waals surface area (Å²) < 4.78 is 13.1. The second-order valence-corrected chi connectivity index (χ2v) is 3.04. The van der Waals surface area contributed by atoms with Crippen molar-refractivity contribution in [2.75, 3.05) is 0 Å². The van der Waals surface area contributed by atoms with Crippen LogP contribution in [0.5, 0.6) is 0 Å². The molecule has 84 valence electrons. The molecule has 1 aromatic carbocycles. The maximum absolute atomic E-state index is 13.1. The van der Waals surface area contributed by atoms with Crippen LogP contribution >= 0.6 is 0 Å². The molecule has 0 spiro atoms. The lowest BCUT2D eigenvalue weighted by Crippen LogP contribution is -1.98. The van der Waals surface area contributed by atoms with Gasteiger partial charge in [0.25, 0.3) is 0 Å². The highest BCUT2D eigenvalue weighted by atomic mass is 19.1. The van der Waals surface area contributed by atoms with Crippen molar-refractivity contribution in [3.05, 3.63) is 45.3 Å². The van der Waals surface area contributed by atoms with Gasteiger partial charge in [0.1, 0.15) is 0 Å². The smallest absolute Gasteiger partial charge is 0.328 e. The molecule has 0 amide bonds. The monoisotopic (exact) mass is 225 g/mol. The van der Waals surface area contributed by atoms with E-state index in [2.05, 4.69) is 0 Å². The Hall–Kier alpha value is -2.24. The molecule has 0 saturated carbocycles. The van der Waals surface area contributed by atoms with Crippen LogP contribution in [0.15, 0.2) is 18.2 Å². The van der Waals surface area contributed by atoms with Crippen LogP contribution in [0.3, 0.4) is 0 Å². The van der Waals surface area contributed by atoms with Gasteiger partial charge in [-0.1, -0.05) is 6.07 Å². The molecule has 0 aliphatic carbocycles. The van der Waals surface area contributed by atoms with E-state index in [1.165, 1.54) is 19.1 Å². The number of carboxylic acid groups (broad SMARTS) is 1. The van der Waals surface area contributed by atoms with Crippen LogP contribution < -0.4 is 0 Å². The maximum atomic E-state index is 13.1. The average Bonchev–Trinajstić information content (AvgIpc) is 2.15. The molecule has 6 heteroatoms. The molecule has 0 radical (unpaired) electrons. The number of halogens is 1. The third-order valence-electron chi connectivity index (χ3n) is 2.01. The highest BCUT2D eigenvalue weighted by Crippen LogP contribution is 2.25. The molecule has 0 atom stereocenters. The molecule has 1 rings (SSSR count). The first-order valence-electron chi connectivity index (χ1n) is 4.28. The topological polar surface area (TPSA) is 80.4 Å². The van der Waals surface area contributed by atoms with Gasteiger partial charge < -0.3 is 5.11 Å². The molecule has 0 aromatic heterocycles. The molecule has 0 heterocycles. The summed E-state index contributed by atoms with van der Waals surface area (Å²) in [6.45, 7) is 1.36. The van der Waals surface area contributed by atoms with E-state index in [-0.39, 0.29) is 5.56 Å². The number of hydrogen-bond donors (Lipinski definition) is 1. The van der Waals surface area contributed by atoms with E-state index in [0.717, 1.165) is 12.1 Å². The fourth-order valence-corrected chi connectivity index (χ4v) is 1.25. The molecular formula is C10H8FNO4. The Balaban J connectivity index is 3.29. The molecule has 0 bridgehead atoms. The summed E-state index contributed by atoms with van der Waals surface area (Å²) >= 11 is 0. The molecule has 5 nitrogen and oxygen atoms in total. The van der Waals surface area contributed by atoms with E-state index < -0.39 is 22.4 Å². The van der Waals surface area contributed by atoms with Crippen LogP contribution in [0, 0.1) is 22.9 Å². The molecule has 0 saturated heterocycles. The Morgan fingerprint density at radius 3 is 2.69 bits per heavy atom. The predicted octanol–water partition coefficient (Wildman–Crippen LogP) is 2.14. The van der Waals surface area contributed by atoms with Gasteiger partial charge in [-0.3, -0.25) is 10.1 Å². The van der Waals surface area contributed by atoms with Crippen LogP contribution in [-0.4, -0.2) is 16.0 Å². The fraction of sp³-hybridized carbons (Fsp3) is 0.100. The number of nitro groups is 1. The maximum Gasteiger partial charge on any atom is 0.328 e. The zero-order valence-electron chi connectivity index (χ0n) is 8.31. The quantitative estimate of drug-likeness (QED) is 0.485. The number of carbonyl (C=O) groups is 1. The lowest BCUT2D eigenvalue weighted by molar-refractivity contribution is -0.388. The Kier molecular flexibility index (Phi) is 3.34. The molecule has 0 fully saturated rings. The van der Waals surface area contributed by atoms with E-state index in [1.807, 2.05) is 0 Å². The molecule has 1 N–H and O–H groups in total. The van der Waals surface area contributed by atoms with Gasteiger partial charge in [0.05, 0.1) is 4.92 Å². The van der Waals surface area contributed by atoms with Crippen LogP contribution in [0.4, 0.5) is 10.1 Å². The van der Waals surface area contributed by atoms with Crippen LogP contribution in [0.1, 0.15) is 11.1 Å². The van der Waals surface area contributed by atoms with E-state index in [9.17, 15) is 19.3 Å². The third kappa shape index (κ3) is 2.41. The van der Waals surface area contributed by atoms with Crippen molar-refractivity contribution < 1.29 is 19.2 Å². The molecular weight excluding hydrogens is 217 g/mol. The second kappa shape index (κ2) is 4.52. The van der Waals surface area contributed by atoms with Gasteiger partial charge >= 0.3 is 11.7 Å². The Bertz CT molecular complexity index is 482. The van der Waals surface area contributed by atoms with Crippen molar-refractivity contribution >= 4 is 17.7 Å².